The van der Waals surface area contributed by atoms with E-state index in [0.717, 1.165) is 17.0 Å². The van der Waals surface area contributed by atoms with E-state index in [1.807, 2.05) is 20.9 Å². The van der Waals surface area contributed by atoms with E-state index >= 15 is 0 Å². The number of hydrogen-bond acceptors (Lipinski definition) is 6. The van der Waals surface area contributed by atoms with Gasteiger partial charge in [0.15, 0.2) is 11.5 Å². The van der Waals surface area contributed by atoms with Crippen molar-refractivity contribution >= 4 is 17.5 Å². The standard InChI is InChI=1S/C21H30N4O5/c1-8-30-12-19(26)22-17-9-15(10-18(28-6)20(17)29-7)21(27)24(4)11-16-13(2)23-25(5)14(16)3/h9-10H,8,11-12H2,1-7H3,(H,22,26). The summed E-state index contributed by atoms with van der Waals surface area (Å²) < 4.78 is 17.7. The third kappa shape index (κ3) is 5.10. The van der Waals surface area contributed by atoms with Gasteiger partial charge in [-0.15, -0.1) is 0 Å². The fraction of sp³-hybridized carbons (Fsp3) is 0.476. The van der Waals surface area contributed by atoms with Gasteiger partial charge in [-0.2, -0.15) is 5.10 Å². The monoisotopic (exact) mass is 418 g/mol. The lowest BCUT2D eigenvalue weighted by atomic mass is 10.1. The summed E-state index contributed by atoms with van der Waals surface area (Å²) >= 11 is 0. The second-order valence-corrected chi connectivity index (χ2v) is 6.88. The molecule has 164 valence electrons. The zero-order chi connectivity index (χ0) is 22.4. The fourth-order valence-electron chi connectivity index (χ4n) is 3.14. The summed E-state index contributed by atoms with van der Waals surface area (Å²) in [7, 11) is 6.54. The van der Waals surface area contributed by atoms with Crippen LogP contribution in [0.2, 0.25) is 0 Å². The molecule has 0 atom stereocenters. The smallest absolute Gasteiger partial charge is 0.254 e. The Bertz CT molecular complexity index is 923. The number of nitrogens with one attached hydrogen (secondary N) is 1. The van der Waals surface area contributed by atoms with E-state index in [9.17, 15) is 9.59 Å². The molecule has 0 aliphatic heterocycles. The van der Waals surface area contributed by atoms with E-state index < -0.39 is 0 Å². The highest BCUT2D eigenvalue weighted by Gasteiger charge is 2.21. The van der Waals surface area contributed by atoms with E-state index in [0.29, 0.717) is 35.9 Å². The molecule has 9 heteroatoms. The van der Waals surface area contributed by atoms with Crippen molar-refractivity contribution in [3.05, 3.63) is 34.6 Å². The molecule has 1 aromatic heterocycles. The van der Waals surface area contributed by atoms with Gasteiger partial charge < -0.3 is 24.4 Å². The molecule has 30 heavy (non-hydrogen) atoms. The van der Waals surface area contributed by atoms with E-state index in [1.54, 1.807) is 35.7 Å². The molecular weight excluding hydrogens is 388 g/mol. The second kappa shape index (κ2) is 10.1. The van der Waals surface area contributed by atoms with Crippen molar-refractivity contribution in [3.63, 3.8) is 0 Å². The van der Waals surface area contributed by atoms with Crippen LogP contribution < -0.4 is 14.8 Å². The SMILES string of the molecule is CCOCC(=O)Nc1cc(C(=O)N(C)Cc2c(C)nn(C)c2C)cc(OC)c1OC. The highest BCUT2D eigenvalue weighted by molar-refractivity contribution is 5.99. The Balaban J connectivity index is 2.33. The molecule has 1 heterocycles. The molecule has 2 rings (SSSR count). The predicted octanol–water partition coefficient (Wildman–Crippen LogP) is 2.30. The number of aryl methyl sites for hydroxylation is 2. The first-order chi connectivity index (χ1) is 14.2. The number of hydrogen-bond donors (Lipinski definition) is 1. The average Bonchev–Trinajstić information content (AvgIpc) is 2.96. The van der Waals surface area contributed by atoms with Gasteiger partial charge in [0.1, 0.15) is 6.61 Å². The highest BCUT2D eigenvalue weighted by Crippen LogP contribution is 2.37. The Morgan fingerprint density at radius 3 is 2.43 bits per heavy atom. The van der Waals surface area contributed by atoms with Crippen LogP contribution in [0.15, 0.2) is 12.1 Å². The third-order valence-electron chi connectivity index (χ3n) is 4.84. The van der Waals surface area contributed by atoms with Gasteiger partial charge in [0.05, 0.1) is 25.6 Å². The van der Waals surface area contributed by atoms with Gasteiger partial charge in [-0.05, 0) is 32.9 Å². The average molecular weight is 418 g/mol. The Hall–Kier alpha value is -3.07. The molecule has 2 aromatic rings. The zero-order valence-corrected chi connectivity index (χ0v) is 18.7. The number of amides is 2. The molecule has 0 saturated heterocycles. The number of ether oxygens (including phenoxy) is 3. The Labute approximate surface area is 176 Å². The Morgan fingerprint density at radius 2 is 1.90 bits per heavy atom. The Kier molecular flexibility index (Phi) is 7.82. The number of nitrogens with zero attached hydrogens (tertiary/aromatic N) is 3. The second-order valence-electron chi connectivity index (χ2n) is 6.88. The van der Waals surface area contributed by atoms with E-state index in [2.05, 4.69) is 10.4 Å². The van der Waals surface area contributed by atoms with Crippen molar-refractivity contribution < 1.29 is 23.8 Å². The van der Waals surface area contributed by atoms with Crippen molar-refractivity contribution in [2.45, 2.75) is 27.3 Å². The molecule has 0 aliphatic carbocycles. The summed E-state index contributed by atoms with van der Waals surface area (Å²) in [6.45, 7) is 6.42. The summed E-state index contributed by atoms with van der Waals surface area (Å²) in [6, 6.07) is 3.17. The number of carbonyl (C=O) groups is 2. The van der Waals surface area contributed by atoms with Crippen molar-refractivity contribution in [2.75, 3.05) is 39.8 Å². The summed E-state index contributed by atoms with van der Waals surface area (Å²) in [6.07, 6.45) is 0. The van der Waals surface area contributed by atoms with Crippen LogP contribution in [0.4, 0.5) is 5.69 Å². The number of anilines is 1. The maximum absolute atomic E-state index is 13.1. The van der Waals surface area contributed by atoms with Gasteiger partial charge in [-0.25, -0.2) is 0 Å². The third-order valence-corrected chi connectivity index (χ3v) is 4.84. The number of methoxy groups -OCH3 is 2. The first-order valence-electron chi connectivity index (χ1n) is 9.61. The zero-order valence-electron chi connectivity index (χ0n) is 18.7. The summed E-state index contributed by atoms with van der Waals surface area (Å²) in [5.74, 6) is 0.105. The summed E-state index contributed by atoms with van der Waals surface area (Å²) in [5, 5.41) is 7.12. The summed E-state index contributed by atoms with van der Waals surface area (Å²) in [4.78, 5) is 26.9. The fourth-order valence-corrected chi connectivity index (χ4v) is 3.14. The molecule has 1 N–H and O–H groups in total. The minimum Gasteiger partial charge on any atom is -0.493 e. The van der Waals surface area contributed by atoms with Gasteiger partial charge in [0.2, 0.25) is 5.91 Å². The summed E-state index contributed by atoms with van der Waals surface area (Å²) in [5.41, 5.74) is 3.58. The lowest BCUT2D eigenvalue weighted by Crippen LogP contribution is -2.27. The largest absolute Gasteiger partial charge is 0.493 e. The van der Waals surface area contributed by atoms with Crippen LogP contribution in [-0.2, 0) is 23.1 Å². The minimum atomic E-state index is -0.350. The molecule has 2 amide bonds. The van der Waals surface area contributed by atoms with Gasteiger partial charge in [0.25, 0.3) is 5.91 Å². The molecule has 0 fully saturated rings. The molecule has 9 nitrogen and oxygen atoms in total. The molecule has 0 aliphatic rings. The van der Waals surface area contributed by atoms with Gasteiger partial charge in [-0.3, -0.25) is 14.3 Å². The maximum Gasteiger partial charge on any atom is 0.254 e. The predicted molar refractivity (Wildman–Crippen MR) is 113 cm³/mol. The highest BCUT2D eigenvalue weighted by atomic mass is 16.5. The molecule has 1 aromatic carbocycles. The van der Waals surface area contributed by atoms with Crippen molar-refractivity contribution in [1.82, 2.24) is 14.7 Å². The van der Waals surface area contributed by atoms with Crippen LogP contribution in [0, 0.1) is 13.8 Å². The molecule has 0 bridgehead atoms. The lowest BCUT2D eigenvalue weighted by molar-refractivity contribution is -0.120. The van der Waals surface area contributed by atoms with Crippen LogP contribution in [-0.4, -0.2) is 61.0 Å². The van der Waals surface area contributed by atoms with Gasteiger partial charge in [0, 0.05) is 44.1 Å². The number of rotatable bonds is 9. The van der Waals surface area contributed by atoms with Crippen molar-refractivity contribution in [2.24, 2.45) is 7.05 Å². The van der Waals surface area contributed by atoms with Crippen LogP contribution in [0.1, 0.15) is 34.2 Å². The van der Waals surface area contributed by atoms with E-state index in [4.69, 9.17) is 14.2 Å². The topological polar surface area (TPSA) is 94.9 Å². The number of carbonyl (C=O) groups excluding carboxylic acids is 2. The molecule has 0 saturated carbocycles. The van der Waals surface area contributed by atoms with Crippen molar-refractivity contribution in [1.29, 1.82) is 0 Å². The molecule has 0 radical (unpaired) electrons. The van der Waals surface area contributed by atoms with Gasteiger partial charge >= 0.3 is 0 Å². The maximum atomic E-state index is 13.1. The molecule has 0 unspecified atom stereocenters. The normalized spacial score (nSPS) is 10.6. The minimum absolute atomic E-state index is 0.0976. The molecule has 0 spiro atoms. The van der Waals surface area contributed by atoms with E-state index in [1.165, 1.54) is 14.2 Å². The number of aromatic nitrogens is 2. The van der Waals surface area contributed by atoms with Crippen LogP contribution in [0.3, 0.4) is 0 Å². The number of benzene rings is 1. The quantitative estimate of drug-likeness (QED) is 0.671. The van der Waals surface area contributed by atoms with E-state index in [-0.39, 0.29) is 18.4 Å². The van der Waals surface area contributed by atoms with Crippen LogP contribution in [0.5, 0.6) is 11.5 Å². The Morgan fingerprint density at radius 1 is 1.20 bits per heavy atom. The first-order valence-corrected chi connectivity index (χ1v) is 9.61. The first kappa shape index (κ1) is 23.2. The molecular formula is C21H30N4O5. The van der Waals surface area contributed by atoms with Crippen LogP contribution in [0.25, 0.3) is 0 Å². The van der Waals surface area contributed by atoms with Crippen molar-refractivity contribution in [3.8, 4) is 11.5 Å². The lowest BCUT2D eigenvalue weighted by Gasteiger charge is -2.20. The van der Waals surface area contributed by atoms with Crippen LogP contribution >= 0.6 is 0 Å². The van der Waals surface area contributed by atoms with Gasteiger partial charge in [-0.1, -0.05) is 0 Å².